The predicted octanol–water partition coefficient (Wildman–Crippen LogP) is 3.86. The van der Waals surface area contributed by atoms with Crippen LogP contribution in [-0.2, 0) is 11.3 Å². The Balaban J connectivity index is 1.99. The smallest absolute Gasteiger partial charge is 0.261 e. The zero-order valence-corrected chi connectivity index (χ0v) is 16.3. The van der Waals surface area contributed by atoms with Crippen LogP contribution >= 0.6 is 15.9 Å². The van der Waals surface area contributed by atoms with Crippen molar-refractivity contribution in [3.63, 3.8) is 0 Å². The van der Waals surface area contributed by atoms with Gasteiger partial charge in [0.15, 0.2) is 6.10 Å². The molecule has 25 heavy (non-hydrogen) atoms. The minimum atomic E-state index is -0.629. The van der Waals surface area contributed by atoms with Gasteiger partial charge in [0.05, 0.1) is 18.7 Å². The molecule has 0 saturated heterocycles. The SMILES string of the molecule is COc1ccc(OC)c(CNC(=O)C(C)Oc2ccc(C)cc2Br)c1. The molecule has 1 unspecified atom stereocenters. The molecule has 0 aliphatic heterocycles. The fraction of sp³-hybridized carbons (Fsp3) is 0.316. The molecule has 134 valence electrons. The van der Waals surface area contributed by atoms with E-state index < -0.39 is 6.10 Å². The number of halogens is 1. The summed E-state index contributed by atoms with van der Waals surface area (Å²) in [5, 5.41) is 2.86. The number of ether oxygens (including phenoxy) is 3. The van der Waals surface area contributed by atoms with Gasteiger partial charge in [0.2, 0.25) is 0 Å². The van der Waals surface area contributed by atoms with Crippen molar-refractivity contribution in [1.82, 2.24) is 5.32 Å². The lowest BCUT2D eigenvalue weighted by atomic mass is 10.2. The lowest BCUT2D eigenvalue weighted by Crippen LogP contribution is -2.36. The van der Waals surface area contributed by atoms with Crippen LogP contribution in [0.4, 0.5) is 0 Å². The van der Waals surface area contributed by atoms with E-state index in [2.05, 4.69) is 21.2 Å². The molecule has 0 heterocycles. The van der Waals surface area contributed by atoms with Crippen molar-refractivity contribution in [2.45, 2.75) is 26.5 Å². The summed E-state index contributed by atoms with van der Waals surface area (Å²) in [5.74, 6) is 1.82. The molecule has 0 spiro atoms. The van der Waals surface area contributed by atoms with E-state index in [0.717, 1.165) is 15.6 Å². The summed E-state index contributed by atoms with van der Waals surface area (Å²) in [6.07, 6.45) is -0.629. The molecule has 5 nitrogen and oxygen atoms in total. The first-order valence-electron chi connectivity index (χ1n) is 7.86. The first kappa shape index (κ1) is 19.1. The third-order valence-electron chi connectivity index (χ3n) is 3.70. The van der Waals surface area contributed by atoms with Gasteiger partial charge in [0.1, 0.15) is 17.2 Å². The van der Waals surface area contributed by atoms with Crippen LogP contribution in [0.25, 0.3) is 0 Å². The maximum absolute atomic E-state index is 12.3. The highest BCUT2D eigenvalue weighted by molar-refractivity contribution is 9.10. The van der Waals surface area contributed by atoms with Crippen molar-refractivity contribution in [2.24, 2.45) is 0 Å². The van der Waals surface area contributed by atoms with Crippen molar-refractivity contribution < 1.29 is 19.0 Å². The molecular weight excluding hydrogens is 386 g/mol. The van der Waals surface area contributed by atoms with Crippen LogP contribution in [0, 0.1) is 6.92 Å². The minimum Gasteiger partial charge on any atom is -0.497 e. The molecule has 0 aliphatic rings. The molecule has 0 bridgehead atoms. The first-order valence-corrected chi connectivity index (χ1v) is 8.65. The lowest BCUT2D eigenvalue weighted by molar-refractivity contribution is -0.127. The Morgan fingerprint density at radius 3 is 2.48 bits per heavy atom. The van der Waals surface area contributed by atoms with E-state index in [0.29, 0.717) is 23.8 Å². The number of hydrogen-bond acceptors (Lipinski definition) is 4. The fourth-order valence-corrected chi connectivity index (χ4v) is 2.88. The second kappa shape index (κ2) is 8.76. The van der Waals surface area contributed by atoms with Crippen molar-refractivity contribution >= 4 is 21.8 Å². The van der Waals surface area contributed by atoms with E-state index in [9.17, 15) is 4.79 Å². The van der Waals surface area contributed by atoms with Crippen LogP contribution in [0.2, 0.25) is 0 Å². The maximum atomic E-state index is 12.3. The number of methoxy groups -OCH3 is 2. The molecular formula is C19H22BrNO4. The molecule has 1 atom stereocenters. The second-order valence-electron chi connectivity index (χ2n) is 5.59. The summed E-state index contributed by atoms with van der Waals surface area (Å²) in [7, 11) is 3.19. The number of nitrogens with one attached hydrogen (secondary N) is 1. The number of aryl methyl sites for hydroxylation is 1. The van der Waals surface area contributed by atoms with Crippen molar-refractivity contribution in [3.05, 3.63) is 52.0 Å². The van der Waals surface area contributed by atoms with Crippen molar-refractivity contribution in [2.75, 3.05) is 14.2 Å². The molecule has 1 N–H and O–H groups in total. The normalized spacial score (nSPS) is 11.6. The van der Waals surface area contributed by atoms with Crippen molar-refractivity contribution in [1.29, 1.82) is 0 Å². The molecule has 2 aromatic carbocycles. The number of carbonyl (C=O) groups excluding carboxylic acids is 1. The highest BCUT2D eigenvalue weighted by Crippen LogP contribution is 2.27. The Hall–Kier alpha value is -2.21. The van der Waals surface area contributed by atoms with Gasteiger partial charge in [-0.3, -0.25) is 4.79 Å². The van der Waals surface area contributed by atoms with E-state index in [-0.39, 0.29) is 5.91 Å². The van der Waals surface area contributed by atoms with Gasteiger partial charge in [-0.25, -0.2) is 0 Å². The lowest BCUT2D eigenvalue weighted by Gasteiger charge is -2.17. The number of amides is 1. The van der Waals surface area contributed by atoms with Gasteiger partial charge in [0, 0.05) is 12.1 Å². The third kappa shape index (κ3) is 5.13. The third-order valence-corrected chi connectivity index (χ3v) is 4.32. The van der Waals surface area contributed by atoms with Crippen LogP contribution in [-0.4, -0.2) is 26.2 Å². The molecule has 0 aliphatic carbocycles. The van der Waals surface area contributed by atoms with Gasteiger partial charge >= 0.3 is 0 Å². The Morgan fingerprint density at radius 1 is 1.12 bits per heavy atom. The molecule has 6 heteroatoms. The van der Waals surface area contributed by atoms with Gasteiger partial charge < -0.3 is 19.5 Å². The van der Waals surface area contributed by atoms with E-state index >= 15 is 0 Å². The van der Waals surface area contributed by atoms with Crippen LogP contribution < -0.4 is 19.5 Å². The standard InChI is InChI=1S/C19H22BrNO4/c1-12-5-7-18(16(20)9-12)25-13(2)19(22)21-11-14-10-15(23-3)6-8-17(14)24-4/h5-10,13H,11H2,1-4H3,(H,21,22). The number of benzene rings is 2. The van der Waals surface area contributed by atoms with E-state index in [1.807, 2.05) is 43.3 Å². The van der Waals surface area contributed by atoms with Crippen LogP contribution in [0.15, 0.2) is 40.9 Å². The van der Waals surface area contributed by atoms with Crippen LogP contribution in [0.3, 0.4) is 0 Å². The second-order valence-corrected chi connectivity index (χ2v) is 6.44. The Bertz CT molecular complexity index is 748. The topological polar surface area (TPSA) is 56.8 Å². The maximum Gasteiger partial charge on any atom is 0.261 e. The Labute approximate surface area is 156 Å². The van der Waals surface area contributed by atoms with Crippen LogP contribution in [0.1, 0.15) is 18.1 Å². The van der Waals surface area contributed by atoms with E-state index in [4.69, 9.17) is 14.2 Å². The zero-order valence-electron chi connectivity index (χ0n) is 14.8. The average Bonchev–Trinajstić information content (AvgIpc) is 2.61. The minimum absolute atomic E-state index is 0.211. The first-order chi connectivity index (χ1) is 11.9. The summed E-state index contributed by atoms with van der Waals surface area (Å²) in [5.41, 5.74) is 1.94. The number of hydrogen-bond donors (Lipinski definition) is 1. The monoisotopic (exact) mass is 407 g/mol. The summed E-state index contributed by atoms with van der Waals surface area (Å²) in [4.78, 5) is 12.3. The van der Waals surface area contributed by atoms with Gasteiger partial charge in [-0.15, -0.1) is 0 Å². The summed E-state index contributed by atoms with van der Waals surface area (Å²) >= 11 is 3.45. The fourth-order valence-electron chi connectivity index (χ4n) is 2.29. The predicted molar refractivity (Wildman–Crippen MR) is 100 cm³/mol. The molecule has 0 radical (unpaired) electrons. The van der Waals surface area contributed by atoms with E-state index in [1.54, 1.807) is 21.1 Å². The summed E-state index contributed by atoms with van der Waals surface area (Å²) in [6, 6.07) is 11.2. The highest BCUT2D eigenvalue weighted by atomic mass is 79.9. The molecule has 2 aromatic rings. The van der Waals surface area contributed by atoms with Gasteiger partial charge in [-0.1, -0.05) is 6.07 Å². The molecule has 2 rings (SSSR count). The Kier molecular flexibility index (Phi) is 6.70. The molecule has 0 fully saturated rings. The summed E-state index contributed by atoms with van der Waals surface area (Å²) in [6.45, 7) is 4.03. The molecule has 0 saturated carbocycles. The number of carbonyl (C=O) groups is 1. The van der Waals surface area contributed by atoms with Gasteiger partial charge in [-0.2, -0.15) is 0 Å². The highest BCUT2D eigenvalue weighted by Gasteiger charge is 2.16. The van der Waals surface area contributed by atoms with E-state index in [1.165, 1.54) is 0 Å². The molecule has 0 aromatic heterocycles. The summed E-state index contributed by atoms with van der Waals surface area (Å²) < 4.78 is 17.1. The van der Waals surface area contributed by atoms with Gasteiger partial charge in [-0.05, 0) is 65.7 Å². The van der Waals surface area contributed by atoms with Crippen molar-refractivity contribution in [3.8, 4) is 17.2 Å². The largest absolute Gasteiger partial charge is 0.497 e. The Morgan fingerprint density at radius 2 is 1.84 bits per heavy atom. The number of rotatable bonds is 7. The van der Waals surface area contributed by atoms with Gasteiger partial charge in [0.25, 0.3) is 5.91 Å². The van der Waals surface area contributed by atoms with Crippen LogP contribution in [0.5, 0.6) is 17.2 Å². The molecule has 1 amide bonds. The zero-order chi connectivity index (χ0) is 18.4. The average molecular weight is 408 g/mol. The quantitative estimate of drug-likeness (QED) is 0.756.